The van der Waals surface area contributed by atoms with Crippen molar-refractivity contribution in [3.05, 3.63) is 48.2 Å². The van der Waals surface area contributed by atoms with E-state index < -0.39 is 17.7 Å². The zero-order valence-electron chi connectivity index (χ0n) is 12.9. The van der Waals surface area contributed by atoms with Crippen LogP contribution in [0.5, 0.6) is 0 Å². The van der Waals surface area contributed by atoms with Crippen molar-refractivity contribution in [2.24, 2.45) is 0 Å². The van der Waals surface area contributed by atoms with E-state index in [4.69, 9.17) is 0 Å². The summed E-state index contributed by atoms with van der Waals surface area (Å²) >= 11 is 1.45. The van der Waals surface area contributed by atoms with Crippen molar-refractivity contribution in [2.45, 2.75) is 35.4 Å². The Morgan fingerprint density at radius 1 is 1.17 bits per heavy atom. The van der Waals surface area contributed by atoms with Crippen molar-refractivity contribution >= 4 is 23.5 Å². The number of carbonyl (C=O) groups excluding carboxylic acids is 1. The monoisotopic (exact) mass is 356 g/mol. The predicted octanol–water partition coefficient (Wildman–Crippen LogP) is 3.79. The topological polar surface area (TPSA) is 62.2 Å². The SMILES string of the molecule is Cc1nc(NC(=O)C(C)(O)C(F)(F)F)ccc1Sc1ccccc1. The molecular formula is C16H15F3N2O2S. The van der Waals surface area contributed by atoms with Crippen molar-refractivity contribution in [3.63, 3.8) is 0 Å². The van der Waals surface area contributed by atoms with Gasteiger partial charge in [0.2, 0.25) is 5.60 Å². The zero-order chi connectivity index (χ0) is 18.0. The van der Waals surface area contributed by atoms with Gasteiger partial charge in [-0.1, -0.05) is 30.0 Å². The molecule has 1 atom stereocenters. The first-order valence-corrected chi connectivity index (χ1v) is 7.74. The number of benzene rings is 1. The normalized spacial score (nSPS) is 14.1. The predicted molar refractivity (Wildman–Crippen MR) is 84.8 cm³/mol. The molecule has 0 fully saturated rings. The highest BCUT2D eigenvalue weighted by atomic mass is 32.2. The molecule has 24 heavy (non-hydrogen) atoms. The van der Waals surface area contributed by atoms with Gasteiger partial charge >= 0.3 is 6.18 Å². The molecule has 1 aromatic carbocycles. The van der Waals surface area contributed by atoms with Crippen molar-refractivity contribution in [2.75, 3.05) is 5.32 Å². The van der Waals surface area contributed by atoms with Gasteiger partial charge < -0.3 is 10.4 Å². The van der Waals surface area contributed by atoms with Gasteiger partial charge in [-0.3, -0.25) is 4.79 Å². The average molecular weight is 356 g/mol. The molecule has 128 valence electrons. The lowest BCUT2D eigenvalue weighted by atomic mass is 10.1. The number of aromatic nitrogens is 1. The highest BCUT2D eigenvalue weighted by Crippen LogP contribution is 2.32. The maximum absolute atomic E-state index is 12.6. The van der Waals surface area contributed by atoms with Crippen LogP contribution >= 0.6 is 11.8 Å². The Hall–Kier alpha value is -2.06. The second kappa shape index (κ2) is 6.82. The number of nitrogens with one attached hydrogen (secondary N) is 1. The lowest BCUT2D eigenvalue weighted by Gasteiger charge is -2.24. The molecule has 1 aromatic heterocycles. The molecule has 0 aliphatic heterocycles. The van der Waals surface area contributed by atoms with Crippen molar-refractivity contribution in [3.8, 4) is 0 Å². The van der Waals surface area contributed by atoms with Crippen molar-refractivity contribution in [1.82, 2.24) is 4.98 Å². The van der Waals surface area contributed by atoms with Gasteiger partial charge in [-0.2, -0.15) is 13.2 Å². The minimum Gasteiger partial charge on any atom is -0.373 e. The minimum absolute atomic E-state index is 0.0561. The molecule has 0 aliphatic carbocycles. The Morgan fingerprint density at radius 3 is 2.33 bits per heavy atom. The van der Waals surface area contributed by atoms with Gasteiger partial charge in [0.1, 0.15) is 5.82 Å². The van der Waals surface area contributed by atoms with Gasteiger partial charge in [0.15, 0.2) is 0 Å². The van der Waals surface area contributed by atoms with Gasteiger partial charge in [-0.15, -0.1) is 0 Å². The molecule has 0 saturated heterocycles. The van der Waals surface area contributed by atoms with Crippen LogP contribution in [-0.2, 0) is 4.79 Å². The van der Waals surface area contributed by atoms with E-state index in [-0.39, 0.29) is 5.82 Å². The molecule has 1 unspecified atom stereocenters. The lowest BCUT2D eigenvalue weighted by molar-refractivity contribution is -0.242. The van der Waals surface area contributed by atoms with E-state index in [0.29, 0.717) is 12.6 Å². The molecule has 0 aliphatic rings. The van der Waals surface area contributed by atoms with Crippen LogP contribution < -0.4 is 5.32 Å². The number of halogens is 3. The maximum Gasteiger partial charge on any atom is 0.426 e. The molecule has 1 amide bonds. The Bertz CT molecular complexity index is 734. The summed E-state index contributed by atoms with van der Waals surface area (Å²) < 4.78 is 37.9. The summed E-state index contributed by atoms with van der Waals surface area (Å²) in [4.78, 5) is 17.5. The van der Waals surface area contributed by atoms with E-state index in [0.717, 1.165) is 9.79 Å². The van der Waals surface area contributed by atoms with Crippen molar-refractivity contribution in [1.29, 1.82) is 0 Å². The lowest BCUT2D eigenvalue weighted by Crippen LogP contribution is -2.52. The summed E-state index contributed by atoms with van der Waals surface area (Å²) in [5.74, 6) is -1.63. The van der Waals surface area contributed by atoms with E-state index in [9.17, 15) is 23.1 Å². The van der Waals surface area contributed by atoms with Crippen molar-refractivity contribution < 1.29 is 23.1 Å². The average Bonchev–Trinajstić information content (AvgIpc) is 2.50. The van der Waals surface area contributed by atoms with E-state index in [1.165, 1.54) is 17.8 Å². The molecule has 1 heterocycles. The maximum atomic E-state index is 12.6. The number of hydrogen-bond donors (Lipinski definition) is 2. The third-order valence-corrected chi connectivity index (χ3v) is 4.40. The number of hydrogen-bond acceptors (Lipinski definition) is 4. The summed E-state index contributed by atoms with van der Waals surface area (Å²) in [5, 5.41) is 11.3. The summed E-state index contributed by atoms with van der Waals surface area (Å²) in [5.41, 5.74) is -2.94. The molecule has 0 radical (unpaired) electrons. The molecule has 4 nitrogen and oxygen atoms in total. The third-order valence-electron chi connectivity index (χ3n) is 3.24. The van der Waals surface area contributed by atoms with Crippen LogP contribution in [0.15, 0.2) is 52.3 Å². The second-order valence-corrected chi connectivity index (χ2v) is 6.33. The van der Waals surface area contributed by atoms with Crippen LogP contribution in [0.4, 0.5) is 19.0 Å². The highest BCUT2D eigenvalue weighted by Gasteiger charge is 2.55. The Labute approximate surface area is 141 Å². The van der Waals surface area contributed by atoms with Crippen LogP contribution in [0, 0.1) is 6.92 Å². The first-order valence-electron chi connectivity index (χ1n) is 6.92. The molecule has 0 spiro atoms. The molecular weight excluding hydrogens is 341 g/mol. The van der Waals surface area contributed by atoms with Gasteiger partial charge in [0.05, 0.1) is 5.69 Å². The number of aliphatic hydroxyl groups is 1. The van der Waals surface area contributed by atoms with Crippen LogP contribution in [0.1, 0.15) is 12.6 Å². The largest absolute Gasteiger partial charge is 0.426 e. The Morgan fingerprint density at radius 2 is 1.79 bits per heavy atom. The van der Waals surface area contributed by atoms with Crippen LogP contribution in [-0.4, -0.2) is 27.8 Å². The smallest absolute Gasteiger partial charge is 0.373 e. The zero-order valence-corrected chi connectivity index (χ0v) is 13.7. The molecule has 0 bridgehead atoms. The molecule has 8 heteroatoms. The fourth-order valence-corrected chi connectivity index (χ4v) is 2.58. The number of pyridine rings is 1. The van der Waals surface area contributed by atoms with Gasteiger partial charge in [-0.05, 0) is 38.1 Å². The summed E-state index contributed by atoms with van der Waals surface area (Å²) in [7, 11) is 0. The Kier molecular flexibility index (Phi) is 5.19. The first-order chi connectivity index (χ1) is 11.1. The van der Waals surface area contributed by atoms with E-state index in [2.05, 4.69) is 4.98 Å². The summed E-state index contributed by atoms with van der Waals surface area (Å²) in [6, 6.07) is 12.5. The van der Waals surface area contributed by atoms with E-state index in [1.54, 1.807) is 13.0 Å². The summed E-state index contributed by atoms with van der Waals surface area (Å²) in [6.07, 6.45) is -5.07. The number of anilines is 1. The van der Waals surface area contributed by atoms with Crippen LogP contribution in [0.2, 0.25) is 0 Å². The second-order valence-electron chi connectivity index (χ2n) is 5.22. The van der Waals surface area contributed by atoms with Gasteiger partial charge in [0.25, 0.3) is 5.91 Å². The number of amides is 1. The molecule has 2 N–H and O–H groups in total. The van der Waals surface area contributed by atoms with E-state index >= 15 is 0 Å². The van der Waals surface area contributed by atoms with Crippen LogP contribution in [0.3, 0.4) is 0 Å². The Balaban J connectivity index is 2.14. The number of alkyl halides is 3. The number of aryl methyl sites for hydroxylation is 1. The fourth-order valence-electron chi connectivity index (χ4n) is 1.71. The summed E-state index contributed by atoms with van der Waals surface area (Å²) in [6.45, 7) is 2.08. The molecule has 0 saturated carbocycles. The third kappa shape index (κ3) is 4.07. The number of rotatable bonds is 4. The molecule has 2 rings (SSSR count). The quantitative estimate of drug-likeness (QED) is 0.875. The van der Waals surface area contributed by atoms with Crippen LogP contribution in [0.25, 0.3) is 0 Å². The molecule has 2 aromatic rings. The number of nitrogens with zero attached hydrogens (tertiary/aromatic N) is 1. The van der Waals surface area contributed by atoms with Gasteiger partial charge in [-0.25, -0.2) is 4.98 Å². The fraction of sp³-hybridized carbons (Fsp3) is 0.250. The highest BCUT2D eigenvalue weighted by molar-refractivity contribution is 7.99. The van der Waals surface area contributed by atoms with Gasteiger partial charge in [0, 0.05) is 9.79 Å². The number of carbonyl (C=O) groups is 1. The first kappa shape index (κ1) is 18.3. The van der Waals surface area contributed by atoms with E-state index in [1.807, 2.05) is 35.6 Å². The standard InChI is InChI=1S/C16H15F3N2O2S/c1-10-12(24-11-6-4-3-5-7-11)8-9-13(20-10)21-14(22)15(2,23)16(17,18)19/h3-9,23H,1-2H3,(H,20,21,22). The minimum atomic E-state index is -5.07.